The average molecular weight is 667 g/mol. The van der Waals surface area contributed by atoms with Crippen LogP contribution in [-0.4, -0.2) is 90.2 Å². The van der Waals surface area contributed by atoms with E-state index in [-0.39, 0.29) is 47.8 Å². The van der Waals surface area contributed by atoms with Gasteiger partial charge in [0.15, 0.2) is 9.84 Å². The first-order valence-electron chi connectivity index (χ1n) is 16.4. The molecule has 0 aromatic carbocycles. The number of alkyl carbamates (subject to hydrolysis) is 1. The van der Waals surface area contributed by atoms with Crippen molar-refractivity contribution in [2.75, 3.05) is 18.8 Å². The van der Waals surface area contributed by atoms with E-state index < -0.39 is 62.0 Å². The van der Waals surface area contributed by atoms with Crippen LogP contribution < -0.4 is 16.0 Å². The summed E-state index contributed by atoms with van der Waals surface area (Å²) < 4.78 is 29.3. The first kappa shape index (κ1) is 37.5. The summed E-state index contributed by atoms with van der Waals surface area (Å²) in [7, 11) is -3.52. The molecule has 0 aromatic rings. The van der Waals surface area contributed by atoms with Crippen LogP contribution >= 0.6 is 0 Å². The molecule has 1 saturated heterocycles. The maximum atomic E-state index is 14.2. The fraction of sp³-hybridized carbons (Fsp3) is 0.788. The fourth-order valence-corrected chi connectivity index (χ4v) is 7.76. The highest BCUT2D eigenvalue weighted by atomic mass is 32.2. The van der Waals surface area contributed by atoms with Crippen LogP contribution in [0.2, 0.25) is 0 Å². The van der Waals surface area contributed by atoms with Crippen LogP contribution in [-0.2, 0) is 33.8 Å². The predicted octanol–water partition coefficient (Wildman–Crippen LogP) is 2.90. The van der Waals surface area contributed by atoms with Gasteiger partial charge in [0.25, 0.3) is 5.91 Å². The Bertz CT molecular complexity index is 1310. The predicted molar refractivity (Wildman–Crippen MR) is 174 cm³/mol. The molecule has 4 amide bonds. The zero-order chi connectivity index (χ0) is 34.8. The van der Waals surface area contributed by atoms with Gasteiger partial charge in [0, 0.05) is 13.1 Å². The number of nitrogens with zero attached hydrogens (tertiary/aromatic N) is 1. The van der Waals surface area contributed by atoms with Crippen molar-refractivity contribution in [3.63, 3.8) is 0 Å². The highest BCUT2D eigenvalue weighted by molar-refractivity contribution is 7.92. The van der Waals surface area contributed by atoms with Crippen LogP contribution in [0.15, 0.2) is 12.7 Å². The lowest BCUT2D eigenvalue weighted by Crippen LogP contribution is -2.59. The van der Waals surface area contributed by atoms with Crippen LogP contribution in [0.3, 0.4) is 0 Å². The number of rotatable bonds is 12. The van der Waals surface area contributed by atoms with Crippen molar-refractivity contribution in [3.8, 4) is 0 Å². The monoisotopic (exact) mass is 666 g/mol. The summed E-state index contributed by atoms with van der Waals surface area (Å²) in [5.74, 6) is -3.42. The van der Waals surface area contributed by atoms with E-state index in [4.69, 9.17) is 4.74 Å². The lowest BCUT2D eigenvalue weighted by molar-refractivity contribution is -0.145. The summed E-state index contributed by atoms with van der Waals surface area (Å²) in [6.07, 6.45) is 5.11. The number of hydrogen-bond acceptors (Lipinski definition) is 8. The lowest BCUT2D eigenvalue weighted by atomic mass is 9.83. The largest absolute Gasteiger partial charge is 0.444 e. The van der Waals surface area contributed by atoms with E-state index in [1.54, 1.807) is 41.5 Å². The number of ether oxygens (including phenoxy) is 1. The van der Waals surface area contributed by atoms with E-state index >= 15 is 0 Å². The second-order valence-electron chi connectivity index (χ2n) is 15.5. The van der Waals surface area contributed by atoms with Gasteiger partial charge in [0.05, 0.1) is 10.5 Å². The third-order valence-corrected chi connectivity index (χ3v) is 12.3. The molecule has 0 spiro atoms. The van der Waals surface area contributed by atoms with E-state index in [2.05, 4.69) is 22.5 Å². The average Bonchev–Trinajstić information content (AvgIpc) is 3.26. The van der Waals surface area contributed by atoms with Gasteiger partial charge in [-0.3, -0.25) is 19.2 Å². The molecular formula is C33H54N4O8S. The van der Waals surface area contributed by atoms with E-state index in [9.17, 15) is 32.4 Å². The Hall–Kier alpha value is -2.96. The van der Waals surface area contributed by atoms with Crippen LogP contribution in [0, 0.1) is 23.2 Å². The second kappa shape index (κ2) is 14.0. The molecule has 1 heterocycles. The third kappa shape index (κ3) is 8.68. The Morgan fingerprint density at radius 3 is 2.15 bits per heavy atom. The molecule has 0 aromatic heterocycles. The van der Waals surface area contributed by atoms with Crippen LogP contribution in [0.1, 0.15) is 93.9 Å². The number of piperidine rings is 1. The van der Waals surface area contributed by atoms with Gasteiger partial charge in [0.2, 0.25) is 17.6 Å². The number of amides is 4. The summed E-state index contributed by atoms with van der Waals surface area (Å²) in [5.41, 5.74) is -0.975. The smallest absolute Gasteiger partial charge is 0.408 e. The minimum atomic E-state index is -3.52. The van der Waals surface area contributed by atoms with Gasteiger partial charge in [-0.15, -0.1) is 6.58 Å². The Labute approximate surface area is 274 Å². The van der Waals surface area contributed by atoms with Crippen molar-refractivity contribution in [1.29, 1.82) is 0 Å². The number of likely N-dealkylation sites (tertiary alicyclic amines) is 1. The Balaban J connectivity index is 1.78. The van der Waals surface area contributed by atoms with Crippen molar-refractivity contribution in [2.24, 2.45) is 23.2 Å². The van der Waals surface area contributed by atoms with Crippen LogP contribution in [0.4, 0.5) is 4.79 Å². The van der Waals surface area contributed by atoms with Gasteiger partial charge in [-0.2, -0.15) is 0 Å². The van der Waals surface area contributed by atoms with Crippen LogP contribution in [0.5, 0.6) is 0 Å². The number of Topliss-reactive ketones (excluding diaryl/α,β-unsaturated/α-hetero) is 1. The fourth-order valence-electron chi connectivity index (χ4n) is 6.78. The second-order valence-corrected chi connectivity index (χ2v) is 18.4. The van der Waals surface area contributed by atoms with E-state index in [1.807, 2.05) is 13.8 Å². The molecule has 1 aliphatic heterocycles. The quantitative estimate of drug-likeness (QED) is 0.211. The Morgan fingerprint density at radius 1 is 1.00 bits per heavy atom. The molecule has 0 bridgehead atoms. The number of hydrogen-bond donors (Lipinski definition) is 3. The minimum absolute atomic E-state index is 0.0403. The minimum Gasteiger partial charge on any atom is -0.444 e. The number of carbonyl (C=O) groups excluding carboxylic acids is 5. The summed E-state index contributed by atoms with van der Waals surface area (Å²) in [6.45, 7) is 17.7. The molecule has 2 saturated carbocycles. The van der Waals surface area contributed by atoms with Crippen molar-refractivity contribution in [2.45, 2.75) is 122 Å². The van der Waals surface area contributed by atoms with Crippen molar-refractivity contribution >= 4 is 39.4 Å². The van der Waals surface area contributed by atoms with Gasteiger partial charge in [-0.25, -0.2) is 13.2 Å². The van der Waals surface area contributed by atoms with Crippen LogP contribution in [0.25, 0.3) is 0 Å². The van der Waals surface area contributed by atoms with Crippen molar-refractivity contribution in [1.82, 2.24) is 20.9 Å². The number of ketones is 1. The molecule has 3 fully saturated rings. The number of nitrogens with one attached hydrogen (secondary N) is 3. The zero-order valence-corrected chi connectivity index (χ0v) is 29.6. The summed E-state index contributed by atoms with van der Waals surface area (Å²) in [4.78, 5) is 68.5. The number of fused-ring (bicyclic) bond motifs is 1. The SMILES string of the molecule is C=CCC(NC(=O)C1C2C(CN1C(=O)C(NC(=O)OC(C)(C)C)C1CCCCC1)C2(C)C)C(=O)C(=O)NCCS(=O)(=O)C(C)(C)C. The normalized spacial score (nSPS) is 24.2. The molecule has 13 heteroatoms. The lowest BCUT2D eigenvalue weighted by Gasteiger charge is -2.37. The molecule has 5 unspecified atom stereocenters. The summed E-state index contributed by atoms with van der Waals surface area (Å²) in [6, 6.07) is -3.03. The highest BCUT2D eigenvalue weighted by Crippen LogP contribution is 2.65. The number of carbonyl (C=O) groups is 5. The Kier molecular flexibility index (Phi) is 11.4. The molecule has 5 atom stereocenters. The third-order valence-electron chi connectivity index (χ3n) is 9.67. The number of sulfone groups is 1. The summed E-state index contributed by atoms with van der Waals surface area (Å²) in [5, 5.41) is 7.88. The molecule has 3 N–H and O–H groups in total. The zero-order valence-electron chi connectivity index (χ0n) is 28.7. The van der Waals surface area contributed by atoms with E-state index in [0.717, 1.165) is 32.1 Å². The van der Waals surface area contributed by atoms with Crippen molar-refractivity contribution in [3.05, 3.63) is 12.7 Å². The first-order chi connectivity index (χ1) is 21.1. The van der Waals surface area contributed by atoms with Gasteiger partial charge in [-0.1, -0.05) is 39.2 Å². The molecule has 3 aliphatic rings. The maximum absolute atomic E-state index is 14.2. The first-order valence-corrected chi connectivity index (χ1v) is 18.0. The molecule has 46 heavy (non-hydrogen) atoms. The highest BCUT2D eigenvalue weighted by Gasteiger charge is 2.69. The van der Waals surface area contributed by atoms with Crippen molar-refractivity contribution < 1.29 is 37.1 Å². The molecule has 3 rings (SSSR count). The van der Waals surface area contributed by atoms with Gasteiger partial charge in [-0.05, 0) is 84.0 Å². The molecular weight excluding hydrogens is 612 g/mol. The Morgan fingerprint density at radius 2 is 1.61 bits per heavy atom. The molecule has 2 aliphatic carbocycles. The molecule has 260 valence electrons. The van der Waals surface area contributed by atoms with Gasteiger partial charge >= 0.3 is 6.09 Å². The van der Waals surface area contributed by atoms with Gasteiger partial charge < -0.3 is 25.6 Å². The van der Waals surface area contributed by atoms with Gasteiger partial charge in [0.1, 0.15) is 23.7 Å². The topological polar surface area (TPSA) is 168 Å². The molecule has 0 radical (unpaired) electrons. The van der Waals surface area contributed by atoms with E-state index in [0.29, 0.717) is 6.54 Å². The standard InChI is InChI=1S/C33H54N4O8S/c1-10-14-22(26(38)28(40)34-17-18-46(43,44)32(5,6)7)35-27(39)25-23-21(33(23,8)9)19-37(25)29(41)24(20-15-12-11-13-16-20)36-30(42)45-31(2,3)4/h10,20-25H,1,11-19H2,2-9H3,(H,34,40)(H,35,39)(H,36,42). The maximum Gasteiger partial charge on any atom is 0.408 e. The van der Waals surface area contributed by atoms with E-state index in [1.165, 1.54) is 11.0 Å². The molecule has 12 nitrogen and oxygen atoms in total. The summed E-state index contributed by atoms with van der Waals surface area (Å²) >= 11 is 0.